The molecule has 3 aromatic rings. The summed E-state index contributed by atoms with van der Waals surface area (Å²) in [6.45, 7) is 1.51. The first kappa shape index (κ1) is 12.6. The van der Waals surface area contributed by atoms with Crippen LogP contribution in [0.3, 0.4) is 0 Å². The van der Waals surface area contributed by atoms with Crippen LogP contribution in [0.4, 0.5) is 17.6 Å². The van der Waals surface area contributed by atoms with Gasteiger partial charge in [0.15, 0.2) is 5.65 Å². The van der Waals surface area contributed by atoms with Crippen LogP contribution in [-0.2, 0) is 6.18 Å². The molecule has 0 unspecified atom stereocenters. The Bertz CT molecular complexity index is 893. The second-order valence-electron chi connectivity index (χ2n) is 4.20. The van der Waals surface area contributed by atoms with E-state index < -0.39 is 23.2 Å². The predicted molar refractivity (Wildman–Crippen MR) is 60.8 cm³/mol. The Balaban J connectivity index is 2.49. The Morgan fingerprint density at radius 3 is 2.65 bits per heavy atom. The number of halogens is 4. The molecule has 0 radical (unpaired) electrons. The number of hydrogen-bond donors (Lipinski definition) is 1. The highest BCUT2D eigenvalue weighted by molar-refractivity contribution is 5.91. The zero-order chi connectivity index (χ0) is 14.7. The summed E-state index contributed by atoms with van der Waals surface area (Å²) in [5.41, 5.74) is -2.33. The van der Waals surface area contributed by atoms with Gasteiger partial charge in [0.1, 0.15) is 11.6 Å². The summed E-state index contributed by atoms with van der Waals surface area (Å²) < 4.78 is 52.4. The maximum atomic E-state index is 13.6. The third-order valence-electron chi connectivity index (χ3n) is 2.80. The Hall–Kier alpha value is -2.45. The van der Waals surface area contributed by atoms with E-state index >= 15 is 0 Å². The van der Waals surface area contributed by atoms with Gasteiger partial charge in [0.2, 0.25) is 0 Å². The Kier molecular flexibility index (Phi) is 2.38. The Morgan fingerprint density at radius 1 is 1.30 bits per heavy atom. The van der Waals surface area contributed by atoms with Crippen LogP contribution in [0.2, 0.25) is 0 Å². The number of aromatic nitrogens is 4. The number of rotatable bonds is 0. The van der Waals surface area contributed by atoms with E-state index in [0.29, 0.717) is 12.1 Å². The minimum absolute atomic E-state index is 0.00822. The fourth-order valence-corrected chi connectivity index (χ4v) is 1.98. The molecule has 1 N–H and O–H groups in total. The minimum Gasteiger partial charge on any atom is -0.305 e. The van der Waals surface area contributed by atoms with Crippen molar-refractivity contribution in [1.29, 1.82) is 0 Å². The summed E-state index contributed by atoms with van der Waals surface area (Å²) in [4.78, 5) is 17.8. The largest absolute Gasteiger partial charge is 0.419 e. The first-order valence-corrected chi connectivity index (χ1v) is 5.43. The SMILES string of the molecule is Cc1nc2c3cc(F)c(C(F)(F)F)cc3[nH]c(=O)n2n1. The zero-order valence-corrected chi connectivity index (χ0v) is 9.92. The highest BCUT2D eigenvalue weighted by atomic mass is 19.4. The van der Waals surface area contributed by atoms with Crippen LogP contribution in [0.5, 0.6) is 0 Å². The molecule has 2 aromatic heterocycles. The number of nitrogens with one attached hydrogen (secondary N) is 1. The number of aromatic amines is 1. The lowest BCUT2D eigenvalue weighted by atomic mass is 10.1. The molecule has 20 heavy (non-hydrogen) atoms. The summed E-state index contributed by atoms with van der Waals surface area (Å²) in [7, 11) is 0. The van der Waals surface area contributed by atoms with Gasteiger partial charge in [0, 0.05) is 5.39 Å². The molecule has 0 aliphatic rings. The number of fused-ring (bicyclic) bond motifs is 3. The molecule has 0 saturated heterocycles. The minimum atomic E-state index is -4.84. The van der Waals surface area contributed by atoms with E-state index in [2.05, 4.69) is 15.1 Å². The van der Waals surface area contributed by atoms with E-state index in [1.807, 2.05) is 0 Å². The van der Waals surface area contributed by atoms with Crippen molar-refractivity contribution in [3.8, 4) is 0 Å². The molecular weight excluding hydrogens is 280 g/mol. The number of H-pyrrole nitrogens is 1. The lowest BCUT2D eigenvalue weighted by Crippen LogP contribution is -2.18. The molecule has 0 amide bonds. The summed E-state index contributed by atoms with van der Waals surface area (Å²) in [5.74, 6) is -1.18. The van der Waals surface area contributed by atoms with Crippen molar-refractivity contribution in [1.82, 2.24) is 19.6 Å². The van der Waals surface area contributed by atoms with Gasteiger partial charge in [-0.25, -0.2) is 14.2 Å². The van der Waals surface area contributed by atoms with Gasteiger partial charge in [-0.15, -0.1) is 5.10 Å². The third kappa shape index (κ3) is 1.74. The van der Waals surface area contributed by atoms with E-state index in [4.69, 9.17) is 0 Å². The molecule has 0 aliphatic heterocycles. The van der Waals surface area contributed by atoms with Crippen LogP contribution in [-0.4, -0.2) is 19.6 Å². The van der Waals surface area contributed by atoms with Crippen LogP contribution in [0.15, 0.2) is 16.9 Å². The van der Waals surface area contributed by atoms with Crippen LogP contribution in [0.1, 0.15) is 11.4 Å². The van der Waals surface area contributed by atoms with Crippen molar-refractivity contribution in [2.24, 2.45) is 0 Å². The molecule has 5 nitrogen and oxygen atoms in total. The van der Waals surface area contributed by atoms with Crippen LogP contribution in [0.25, 0.3) is 16.6 Å². The lowest BCUT2D eigenvalue weighted by molar-refractivity contribution is -0.139. The molecule has 104 valence electrons. The van der Waals surface area contributed by atoms with Gasteiger partial charge in [-0.2, -0.15) is 17.7 Å². The van der Waals surface area contributed by atoms with Gasteiger partial charge in [-0.1, -0.05) is 0 Å². The monoisotopic (exact) mass is 286 g/mol. The van der Waals surface area contributed by atoms with E-state index in [9.17, 15) is 22.4 Å². The lowest BCUT2D eigenvalue weighted by Gasteiger charge is -2.09. The van der Waals surface area contributed by atoms with Gasteiger partial charge in [-0.05, 0) is 19.1 Å². The van der Waals surface area contributed by atoms with Crippen molar-refractivity contribution in [3.05, 3.63) is 39.8 Å². The smallest absolute Gasteiger partial charge is 0.305 e. The summed E-state index contributed by atoms with van der Waals surface area (Å²) in [6.07, 6.45) is -4.84. The van der Waals surface area contributed by atoms with Crippen molar-refractivity contribution >= 4 is 16.6 Å². The number of nitrogens with zero attached hydrogens (tertiary/aromatic N) is 3. The average molecular weight is 286 g/mol. The average Bonchev–Trinajstić information content (AvgIpc) is 2.71. The second-order valence-corrected chi connectivity index (χ2v) is 4.20. The molecule has 9 heteroatoms. The Labute approximate surface area is 107 Å². The van der Waals surface area contributed by atoms with Gasteiger partial charge in [0.25, 0.3) is 0 Å². The fourth-order valence-electron chi connectivity index (χ4n) is 1.98. The molecule has 0 spiro atoms. The normalized spacial score (nSPS) is 12.4. The number of hydrogen-bond acceptors (Lipinski definition) is 3. The summed E-state index contributed by atoms with van der Waals surface area (Å²) >= 11 is 0. The van der Waals surface area contributed by atoms with E-state index in [1.54, 1.807) is 0 Å². The maximum absolute atomic E-state index is 13.6. The first-order chi connectivity index (χ1) is 9.27. The van der Waals surface area contributed by atoms with E-state index in [-0.39, 0.29) is 22.4 Å². The van der Waals surface area contributed by atoms with Crippen LogP contribution in [0, 0.1) is 12.7 Å². The second kappa shape index (κ2) is 3.78. The van der Waals surface area contributed by atoms with Crippen molar-refractivity contribution in [2.45, 2.75) is 13.1 Å². The van der Waals surface area contributed by atoms with Crippen molar-refractivity contribution in [2.75, 3.05) is 0 Å². The highest BCUT2D eigenvalue weighted by Crippen LogP contribution is 2.33. The van der Waals surface area contributed by atoms with Crippen LogP contribution >= 0.6 is 0 Å². The summed E-state index contributed by atoms with van der Waals surface area (Å²) in [6, 6.07) is 1.24. The summed E-state index contributed by atoms with van der Waals surface area (Å²) in [5, 5.41) is 3.83. The zero-order valence-electron chi connectivity index (χ0n) is 9.92. The van der Waals surface area contributed by atoms with Gasteiger partial charge in [-0.3, -0.25) is 0 Å². The fraction of sp³-hybridized carbons (Fsp3) is 0.182. The van der Waals surface area contributed by atoms with E-state index in [1.165, 1.54) is 6.92 Å². The maximum Gasteiger partial charge on any atom is 0.419 e. The van der Waals surface area contributed by atoms with E-state index in [0.717, 1.165) is 4.52 Å². The number of alkyl halides is 3. The number of aryl methyl sites for hydroxylation is 1. The molecular formula is C11H6F4N4O. The first-order valence-electron chi connectivity index (χ1n) is 5.43. The van der Waals surface area contributed by atoms with Crippen LogP contribution < -0.4 is 5.69 Å². The molecule has 0 fully saturated rings. The molecule has 0 bridgehead atoms. The third-order valence-corrected chi connectivity index (χ3v) is 2.80. The van der Waals surface area contributed by atoms with Crippen molar-refractivity contribution in [3.63, 3.8) is 0 Å². The molecule has 0 aliphatic carbocycles. The van der Waals surface area contributed by atoms with Gasteiger partial charge < -0.3 is 4.98 Å². The molecule has 0 saturated carbocycles. The van der Waals surface area contributed by atoms with Gasteiger partial charge in [0.05, 0.1) is 11.1 Å². The Morgan fingerprint density at radius 2 is 2.00 bits per heavy atom. The standard InChI is InChI=1S/C11H6F4N4O/c1-4-16-9-5-2-7(12)6(11(13,14)15)3-8(5)17-10(20)19(9)18-4/h2-3H,1H3,(H,17,20). The van der Waals surface area contributed by atoms with Crippen molar-refractivity contribution < 1.29 is 17.6 Å². The predicted octanol–water partition coefficient (Wildman–Crippen LogP) is 2.04. The number of benzene rings is 1. The topological polar surface area (TPSA) is 63.0 Å². The quantitative estimate of drug-likeness (QED) is 0.643. The molecule has 3 rings (SSSR count). The molecule has 0 atom stereocenters. The molecule has 2 heterocycles. The molecule has 1 aromatic carbocycles. The highest BCUT2D eigenvalue weighted by Gasteiger charge is 2.34. The van der Waals surface area contributed by atoms with Gasteiger partial charge >= 0.3 is 11.9 Å².